The Hall–Kier alpha value is -1.55. The second-order valence-electron chi connectivity index (χ2n) is 3.87. The zero-order valence-electron chi connectivity index (χ0n) is 9.52. The number of amidine groups is 1. The zero-order valence-corrected chi connectivity index (χ0v) is 9.52. The molecule has 0 radical (unpaired) electrons. The Morgan fingerprint density at radius 3 is 2.44 bits per heavy atom. The molecule has 16 heavy (non-hydrogen) atoms. The second kappa shape index (κ2) is 4.99. The normalized spacial score (nSPS) is 17.6. The van der Waals surface area contributed by atoms with Crippen LogP contribution in [0.15, 0.2) is 29.3 Å². The van der Waals surface area contributed by atoms with Crippen molar-refractivity contribution in [3.63, 3.8) is 0 Å². The lowest BCUT2D eigenvalue weighted by Gasteiger charge is -2.28. The largest absolute Gasteiger partial charge is 0.387 e. The van der Waals surface area contributed by atoms with Crippen LogP contribution in [-0.2, 0) is 4.74 Å². The Morgan fingerprint density at radius 1 is 1.25 bits per heavy atom. The van der Waals surface area contributed by atoms with Crippen LogP contribution in [-0.4, -0.2) is 32.1 Å². The lowest BCUT2D eigenvalue weighted by molar-refractivity contribution is 0.122. The molecule has 0 amide bonds. The molecule has 0 unspecified atom stereocenters. The fourth-order valence-electron chi connectivity index (χ4n) is 1.76. The molecule has 0 aromatic heterocycles. The summed E-state index contributed by atoms with van der Waals surface area (Å²) in [6.45, 7) is 5.32. The number of rotatable bonds is 2. The number of benzene rings is 1. The molecule has 0 saturated carbocycles. The van der Waals surface area contributed by atoms with Gasteiger partial charge in [-0.05, 0) is 31.2 Å². The van der Waals surface area contributed by atoms with Crippen LogP contribution < -0.4 is 10.6 Å². The third-order valence-electron chi connectivity index (χ3n) is 2.53. The topological polar surface area (TPSA) is 50.8 Å². The van der Waals surface area contributed by atoms with E-state index in [1.807, 2.05) is 12.1 Å². The monoisotopic (exact) mass is 219 g/mol. The molecular weight excluding hydrogens is 202 g/mol. The number of anilines is 1. The molecule has 2 rings (SSSR count). The van der Waals surface area contributed by atoms with Crippen LogP contribution >= 0.6 is 0 Å². The third kappa shape index (κ3) is 2.73. The van der Waals surface area contributed by atoms with E-state index < -0.39 is 0 Å². The van der Waals surface area contributed by atoms with E-state index in [0.717, 1.165) is 32.0 Å². The summed E-state index contributed by atoms with van der Waals surface area (Å²) in [4.78, 5) is 6.51. The maximum absolute atomic E-state index is 5.53. The average molecular weight is 219 g/mol. The van der Waals surface area contributed by atoms with Gasteiger partial charge in [-0.1, -0.05) is 0 Å². The maximum Gasteiger partial charge on any atom is 0.0964 e. The number of ether oxygens (including phenoxy) is 1. The highest BCUT2D eigenvalue weighted by molar-refractivity contribution is 5.80. The van der Waals surface area contributed by atoms with Gasteiger partial charge in [-0.3, -0.25) is 0 Å². The van der Waals surface area contributed by atoms with Gasteiger partial charge >= 0.3 is 0 Å². The van der Waals surface area contributed by atoms with Crippen molar-refractivity contribution in [1.29, 1.82) is 0 Å². The molecule has 1 saturated heterocycles. The van der Waals surface area contributed by atoms with Crippen molar-refractivity contribution in [1.82, 2.24) is 0 Å². The summed E-state index contributed by atoms with van der Waals surface area (Å²) in [5.74, 6) is 0.583. The Morgan fingerprint density at radius 2 is 1.88 bits per heavy atom. The first kappa shape index (κ1) is 11.0. The summed E-state index contributed by atoms with van der Waals surface area (Å²) in [5.41, 5.74) is 7.65. The minimum absolute atomic E-state index is 0.583. The number of morpholine rings is 1. The molecule has 0 spiro atoms. The first-order valence-corrected chi connectivity index (χ1v) is 5.49. The third-order valence-corrected chi connectivity index (χ3v) is 2.53. The van der Waals surface area contributed by atoms with Gasteiger partial charge in [0.15, 0.2) is 0 Å². The van der Waals surface area contributed by atoms with Gasteiger partial charge in [0, 0.05) is 18.8 Å². The number of hydrogen-bond acceptors (Lipinski definition) is 3. The fourth-order valence-corrected chi connectivity index (χ4v) is 1.76. The predicted octanol–water partition coefficient (Wildman–Crippen LogP) is 1.53. The Kier molecular flexibility index (Phi) is 3.41. The molecule has 1 heterocycles. The fraction of sp³-hybridized carbons (Fsp3) is 0.417. The summed E-state index contributed by atoms with van der Waals surface area (Å²) in [5, 5.41) is 0. The zero-order chi connectivity index (χ0) is 11.4. The van der Waals surface area contributed by atoms with Crippen LogP contribution in [0.25, 0.3) is 0 Å². The van der Waals surface area contributed by atoms with E-state index >= 15 is 0 Å². The van der Waals surface area contributed by atoms with Crippen LogP contribution in [0.5, 0.6) is 0 Å². The predicted molar refractivity (Wildman–Crippen MR) is 66.4 cm³/mol. The van der Waals surface area contributed by atoms with Crippen molar-refractivity contribution in [2.24, 2.45) is 10.7 Å². The van der Waals surface area contributed by atoms with Crippen molar-refractivity contribution in [3.8, 4) is 0 Å². The molecule has 1 fully saturated rings. The van der Waals surface area contributed by atoms with Crippen LogP contribution in [0.1, 0.15) is 6.92 Å². The summed E-state index contributed by atoms with van der Waals surface area (Å²) < 4.78 is 5.32. The van der Waals surface area contributed by atoms with Gasteiger partial charge in [-0.25, -0.2) is 4.99 Å². The van der Waals surface area contributed by atoms with E-state index in [9.17, 15) is 0 Å². The van der Waals surface area contributed by atoms with Crippen molar-refractivity contribution >= 4 is 17.2 Å². The van der Waals surface area contributed by atoms with Crippen molar-refractivity contribution in [3.05, 3.63) is 24.3 Å². The van der Waals surface area contributed by atoms with Gasteiger partial charge in [0.25, 0.3) is 0 Å². The molecule has 0 aliphatic carbocycles. The van der Waals surface area contributed by atoms with E-state index in [2.05, 4.69) is 22.0 Å². The molecule has 1 aromatic carbocycles. The van der Waals surface area contributed by atoms with Gasteiger partial charge in [0.2, 0.25) is 0 Å². The molecule has 1 aromatic rings. The van der Waals surface area contributed by atoms with Crippen LogP contribution in [0, 0.1) is 0 Å². The molecule has 86 valence electrons. The molecule has 0 bridgehead atoms. The summed E-state index contributed by atoms with van der Waals surface area (Å²) >= 11 is 0. The van der Waals surface area contributed by atoms with E-state index in [1.54, 1.807) is 6.92 Å². The highest BCUT2D eigenvalue weighted by Gasteiger charge is 2.10. The van der Waals surface area contributed by atoms with E-state index in [-0.39, 0.29) is 0 Å². The van der Waals surface area contributed by atoms with E-state index in [4.69, 9.17) is 10.5 Å². The Bertz CT molecular complexity index is 362. The van der Waals surface area contributed by atoms with Crippen molar-refractivity contribution in [2.75, 3.05) is 31.2 Å². The summed E-state index contributed by atoms with van der Waals surface area (Å²) in [7, 11) is 0. The summed E-state index contributed by atoms with van der Waals surface area (Å²) in [6.07, 6.45) is 0. The number of aliphatic imine (C=N–C) groups is 1. The first-order chi connectivity index (χ1) is 7.75. The van der Waals surface area contributed by atoms with Gasteiger partial charge < -0.3 is 15.4 Å². The quantitative estimate of drug-likeness (QED) is 0.606. The molecule has 4 heteroatoms. The highest BCUT2D eigenvalue weighted by atomic mass is 16.5. The molecule has 2 N–H and O–H groups in total. The smallest absolute Gasteiger partial charge is 0.0964 e. The van der Waals surface area contributed by atoms with Crippen molar-refractivity contribution < 1.29 is 4.74 Å². The summed E-state index contributed by atoms with van der Waals surface area (Å²) in [6, 6.07) is 8.13. The number of hydrogen-bond donors (Lipinski definition) is 1. The van der Waals surface area contributed by atoms with E-state index in [0.29, 0.717) is 5.84 Å². The first-order valence-electron chi connectivity index (χ1n) is 5.49. The van der Waals surface area contributed by atoms with Crippen LogP contribution in [0.2, 0.25) is 0 Å². The van der Waals surface area contributed by atoms with Crippen LogP contribution in [0.4, 0.5) is 11.4 Å². The number of nitrogens with two attached hydrogens (primary N) is 1. The maximum atomic E-state index is 5.53. The lowest BCUT2D eigenvalue weighted by atomic mass is 10.2. The lowest BCUT2D eigenvalue weighted by Crippen LogP contribution is -2.36. The minimum atomic E-state index is 0.583. The molecule has 4 nitrogen and oxygen atoms in total. The standard InChI is InChI=1S/C12H17N3O/c1-10(13)14-11-2-4-12(5-3-11)15-6-8-16-9-7-15/h2-5H,6-9H2,1H3,(H2,13,14). The van der Waals surface area contributed by atoms with Gasteiger partial charge in [0.1, 0.15) is 0 Å². The van der Waals surface area contributed by atoms with Crippen molar-refractivity contribution in [2.45, 2.75) is 6.92 Å². The highest BCUT2D eigenvalue weighted by Crippen LogP contribution is 2.20. The van der Waals surface area contributed by atoms with Crippen LogP contribution in [0.3, 0.4) is 0 Å². The van der Waals surface area contributed by atoms with Gasteiger partial charge in [-0.2, -0.15) is 0 Å². The van der Waals surface area contributed by atoms with Gasteiger partial charge in [-0.15, -0.1) is 0 Å². The minimum Gasteiger partial charge on any atom is -0.387 e. The Balaban J connectivity index is 2.09. The molecule has 1 aliphatic rings. The number of nitrogens with zero attached hydrogens (tertiary/aromatic N) is 2. The molecular formula is C12H17N3O. The van der Waals surface area contributed by atoms with E-state index in [1.165, 1.54) is 5.69 Å². The molecule has 0 atom stereocenters. The van der Waals surface area contributed by atoms with Gasteiger partial charge in [0.05, 0.1) is 24.7 Å². The molecule has 1 aliphatic heterocycles. The second-order valence-corrected chi connectivity index (χ2v) is 3.87. The average Bonchev–Trinajstić information content (AvgIpc) is 2.30. The Labute approximate surface area is 95.7 Å². The SMILES string of the molecule is CC(N)=Nc1ccc(N2CCOCC2)cc1.